The van der Waals surface area contributed by atoms with Crippen LogP contribution < -0.4 is 21.3 Å². The van der Waals surface area contributed by atoms with Crippen LogP contribution in [-0.4, -0.2) is 121 Å². The molecule has 0 spiro atoms. The first kappa shape index (κ1) is 39.4. The zero-order valence-electron chi connectivity index (χ0n) is 30.8. The lowest BCUT2D eigenvalue weighted by Crippen LogP contribution is -2.49. The van der Waals surface area contributed by atoms with Gasteiger partial charge in [0.1, 0.15) is 18.1 Å². The van der Waals surface area contributed by atoms with Crippen molar-refractivity contribution in [2.24, 2.45) is 5.92 Å². The number of ether oxygens (including phenoxy) is 1. The van der Waals surface area contributed by atoms with Gasteiger partial charge in [-0.1, -0.05) is 23.7 Å². The van der Waals surface area contributed by atoms with E-state index in [1.165, 1.54) is 23.1 Å². The Hall–Kier alpha value is -6.86. The molecule has 2 aromatic heterocycles. The lowest BCUT2D eigenvalue weighted by molar-refractivity contribution is -0.141. The number of carbonyl (C=O) groups excluding carboxylic acids is 5. The number of piperidine rings is 1. The molecule has 58 heavy (non-hydrogen) atoms. The predicted molar refractivity (Wildman–Crippen MR) is 209 cm³/mol. The standard InChI is InChI=1S/C38H38ClN11O8/c39-25-3-8-32(50-21-40-46-47-50)29(20-25)44-34(52)35(53)45-30(33(51)41-27-6-7-28-24(18-27)19-31(43-28)37(55)56)17-22-1-4-26(5-2-22)42-38(57)49-11-9-23(10-12-49)36(54)48-13-15-58-16-14-48/h1-8,18-21,23,30,43H,9-17H2,(H,41,51)(H,42,57)(H,44,52)(H,45,53)(H,55,56)/t30-/m0/s1. The van der Waals surface area contributed by atoms with Gasteiger partial charge in [0.2, 0.25) is 11.8 Å². The summed E-state index contributed by atoms with van der Waals surface area (Å²) < 4.78 is 6.62. The van der Waals surface area contributed by atoms with Crippen molar-refractivity contribution >= 4 is 75.2 Å². The van der Waals surface area contributed by atoms with E-state index in [1.54, 1.807) is 59.5 Å². The number of halogens is 1. The molecule has 0 radical (unpaired) electrons. The van der Waals surface area contributed by atoms with Crippen molar-refractivity contribution in [2.75, 3.05) is 55.3 Å². The number of rotatable bonds is 10. The maximum absolute atomic E-state index is 13.8. The van der Waals surface area contributed by atoms with Crippen molar-refractivity contribution in [3.05, 3.63) is 89.3 Å². The lowest BCUT2D eigenvalue weighted by atomic mass is 9.95. The first-order valence-corrected chi connectivity index (χ1v) is 18.7. The number of hydrogen-bond acceptors (Lipinski definition) is 10. The lowest BCUT2D eigenvalue weighted by Gasteiger charge is -2.35. The van der Waals surface area contributed by atoms with E-state index in [0.717, 1.165) is 0 Å². The third kappa shape index (κ3) is 9.39. The number of urea groups is 1. The fraction of sp³-hybridized carbons (Fsp3) is 0.289. The number of benzene rings is 3. The van der Waals surface area contributed by atoms with Crippen molar-refractivity contribution in [2.45, 2.75) is 25.3 Å². The molecular formula is C38H38ClN11O8. The van der Waals surface area contributed by atoms with E-state index in [9.17, 15) is 33.9 Å². The average molecular weight is 812 g/mol. The van der Waals surface area contributed by atoms with Crippen LogP contribution in [0.4, 0.5) is 21.9 Å². The zero-order valence-corrected chi connectivity index (χ0v) is 31.6. The minimum absolute atomic E-state index is 0.0299. The Morgan fingerprint density at radius 3 is 2.29 bits per heavy atom. The Kier molecular flexibility index (Phi) is 11.9. The van der Waals surface area contributed by atoms with Crippen LogP contribution in [0.2, 0.25) is 5.02 Å². The molecule has 0 bridgehead atoms. The third-order valence-electron chi connectivity index (χ3n) is 9.85. The molecule has 19 nitrogen and oxygen atoms in total. The first-order chi connectivity index (χ1) is 28.0. The van der Waals surface area contributed by atoms with Gasteiger partial charge < -0.3 is 45.9 Å². The molecule has 0 aliphatic carbocycles. The fourth-order valence-corrected chi connectivity index (χ4v) is 6.95. The molecule has 2 saturated heterocycles. The number of aromatic nitrogens is 5. The summed E-state index contributed by atoms with van der Waals surface area (Å²) in [5.74, 6) is -4.07. The third-order valence-corrected chi connectivity index (χ3v) is 10.1. The van der Waals surface area contributed by atoms with Gasteiger partial charge in [-0.05, 0) is 83.4 Å². The number of morpholine rings is 1. The van der Waals surface area contributed by atoms with E-state index in [2.05, 4.69) is 41.8 Å². The highest BCUT2D eigenvalue weighted by molar-refractivity contribution is 6.40. The highest BCUT2D eigenvalue weighted by Gasteiger charge is 2.31. The molecule has 2 fully saturated rings. The molecule has 5 aromatic rings. The van der Waals surface area contributed by atoms with Crippen molar-refractivity contribution < 1.29 is 38.6 Å². The number of nitrogens with one attached hydrogen (secondary N) is 5. The molecule has 4 heterocycles. The molecule has 6 N–H and O–H groups in total. The molecule has 20 heteroatoms. The Balaban J connectivity index is 1.02. The SMILES string of the molecule is O=C(Nc1cc(Cl)ccc1-n1cnnn1)C(=O)N[C@@H](Cc1ccc(NC(=O)N2CCC(C(=O)N3CCOCC3)CC2)cc1)C(=O)Nc1ccc2[nH]c(C(=O)O)cc2c1. The highest BCUT2D eigenvalue weighted by atomic mass is 35.5. The summed E-state index contributed by atoms with van der Waals surface area (Å²) in [5.41, 5.74) is 2.35. The number of H-pyrrole nitrogens is 1. The maximum atomic E-state index is 13.8. The van der Waals surface area contributed by atoms with Gasteiger partial charge in [0, 0.05) is 65.8 Å². The number of anilines is 3. The normalized spacial score (nSPS) is 15.1. The van der Waals surface area contributed by atoms with Crippen LogP contribution in [-0.2, 0) is 30.3 Å². The number of tetrazole rings is 1. The minimum atomic E-state index is -1.28. The van der Waals surface area contributed by atoms with Gasteiger partial charge in [0.25, 0.3) is 0 Å². The molecule has 1 atom stereocenters. The summed E-state index contributed by atoms with van der Waals surface area (Å²) in [7, 11) is 0. The highest BCUT2D eigenvalue weighted by Crippen LogP contribution is 2.25. The van der Waals surface area contributed by atoms with Crippen LogP contribution in [0.25, 0.3) is 16.6 Å². The topological polar surface area (TPSA) is 246 Å². The molecule has 3 aromatic carbocycles. The Bertz CT molecular complexity index is 2340. The van der Waals surface area contributed by atoms with Gasteiger partial charge in [0.05, 0.1) is 24.6 Å². The summed E-state index contributed by atoms with van der Waals surface area (Å²) in [6, 6.07) is 15.8. The van der Waals surface area contributed by atoms with Crippen LogP contribution in [0.15, 0.2) is 73.1 Å². The molecule has 300 valence electrons. The molecule has 2 aliphatic heterocycles. The molecule has 6 amide bonds. The number of nitrogens with zero attached hydrogens (tertiary/aromatic N) is 6. The van der Waals surface area contributed by atoms with E-state index in [0.29, 0.717) is 85.8 Å². The number of aromatic amines is 1. The fourth-order valence-electron chi connectivity index (χ4n) is 6.78. The monoisotopic (exact) mass is 811 g/mol. The Morgan fingerprint density at radius 2 is 1.59 bits per heavy atom. The molecule has 2 aliphatic rings. The second-order valence-electron chi connectivity index (χ2n) is 13.7. The smallest absolute Gasteiger partial charge is 0.352 e. The number of likely N-dealkylation sites (tertiary alicyclic amines) is 1. The van der Waals surface area contributed by atoms with E-state index in [-0.39, 0.29) is 40.7 Å². The van der Waals surface area contributed by atoms with Crippen LogP contribution in [0.3, 0.4) is 0 Å². The number of carboxylic acids is 1. The number of amides is 6. The van der Waals surface area contributed by atoms with Gasteiger partial charge in [-0.3, -0.25) is 19.2 Å². The van der Waals surface area contributed by atoms with E-state index in [4.69, 9.17) is 16.3 Å². The average Bonchev–Trinajstić information content (AvgIpc) is 3.92. The van der Waals surface area contributed by atoms with Crippen molar-refractivity contribution in [1.29, 1.82) is 0 Å². The number of carbonyl (C=O) groups is 6. The predicted octanol–water partition coefficient (Wildman–Crippen LogP) is 2.90. The second-order valence-corrected chi connectivity index (χ2v) is 14.1. The summed E-state index contributed by atoms with van der Waals surface area (Å²) in [4.78, 5) is 84.2. The number of aromatic carboxylic acids is 1. The van der Waals surface area contributed by atoms with Gasteiger partial charge in [0.15, 0.2) is 0 Å². The number of fused-ring (bicyclic) bond motifs is 1. The largest absolute Gasteiger partial charge is 0.477 e. The van der Waals surface area contributed by atoms with Gasteiger partial charge in [-0.2, -0.15) is 4.68 Å². The maximum Gasteiger partial charge on any atom is 0.352 e. The van der Waals surface area contributed by atoms with Crippen molar-refractivity contribution in [1.82, 2.24) is 40.3 Å². The van der Waals surface area contributed by atoms with Crippen LogP contribution in [0, 0.1) is 5.92 Å². The molecular weight excluding hydrogens is 774 g/mol. The number of carboxylic acid groups (broad SMARTS) is 1. The Labute approximate surface area is 335 Å². The van der Waals surface area contributed by atoms with E-state index < -0.39 is 29.7 Å². The quantitative estimate of drug-likeness (QED) is 0.112. The molecule has 7 rings (SSSR count). The minimum Gasteiger partial charge on any atom is -0.477 e. The van der Waals surface area contributed by atoms with E-state index in [1.807, 2.05) is 4.90 Å². The summed E-state index contributed by atoms with van der Waals surface area (Å²) in [6.45, 7) is 3.10. The zero-order chi connectivity index (χ0) is 40.8. The molecule has 0 saturated carbocycles. The second kappa shape index (κ2) is 17.5. The van der Waals surface area contributed by atoms with Gasteiger partial charge in [-0.15, -0.1) is 5.10 Å². The van der Waals surface area contributed by atoms with Crippen LogP contribution in [0.1, 0.15) is 28.9 Å². The van der Waals surface area contributed by atoms with Crippen LogP contribution >= 0.6 is 11.6 Å². The van der Waals surface area contributed by atoms with Gasteiger partial charge >= 0.3 is 23.8 Å². The van der Waals surface area contributed by atoms with Crippen molar-refractivity contribution in [3.63, 3.8) is 0 Å². The summed E-state index contributed by atoms with van der Waals surface area (Å²) in [6.07, 6.45) is 2.37. The first-order valence-electron chi connectivity index (χ1n) is 18.3. The van der Waals surface area contributed by atoms with E-state index >= 15 is 0 Å². The van der Waals surface area contributed by atoms with Crippen molar-refractivity contribution in [3.8, 4) is 5.69 Å². The summed E-state index contributed by atoms with van der Waals surface area (Å²) >= 11 is 6.17. The molecule has 0 unspecified atom stereocenters. The number of hydrogen-bond donors (Lipinski definition) is 6. The Morgan fingerprint density at radius 1 is 0.845 bits per heavy atom. The van der Waals surface area contributed by atoms with Crippen LogP contribution in [0.5, 0.6) is 0 Å². The summed E-state index contributed by atoms with van der Waals surface area (Å²) in [5, 5.41) is 31.8. The van der Waals surface area contributed by atoms with Gasteiger partial charge in [-0.25, -0.2) is 9.59 Å².